The van der Waals surface area contributed by atoms with Crippen molar-refractivity contribution >= 4 is 34.4 Å². The number of fused-ring (bicyclic) bond motifs is 3. The zero-order valence-corrected chi connectivity index (χ0v) is 17.4. The molecule has 0 saturated carbocycles. The number of nitrogens with one attached hydrogen (secondary N) is 1. The van der Waals surface area contributed by atoms with Gasteiger partial charge in [0.05, 0.1) is 17.1 Å². The average molecular weight is 427 g/mol. The first-order valence-electron chi connectivity index (χ1n) is 10.3. The molecule has 2 aromatic heterocycles. The number of benzene rings is 2. The Morgan fingerprint density at radius 1 is 1.00 bits per heavy atom. The highest BCUT2D eigenvalue weighted by molar-refractivity contribution is 6.30. The van der Waals surface area contributed by atoms with E-state index < -0.39 is 0 Å². The van der Waals surface area contributed by atoms with E-state index in [1.165, 1.54) is 0 Å². The number of allylic oxidation sites excluding steroid dienone is 2. The van der Waals surface area contributed by atoms with Gasteiger partial charge >= 0.3 is 0 Å². The Morgan fingerprint density at radius 3 is 2.71 bits per heavy atom. The van der Waals surface area contributed by atoms with Crippen molar-refractivity contribution in [2.45, 2.75) is 24.8 Å². The van der Waals surface area contributed by atoms with Gasteiger partial charge in [0, 0.05) is 35.1 Å². The van der Waals surface area contributed by atoms with Crippen LogP contribution in [0.1, 0.15) is 35.9 Å². The average Bonchev–Trinajstić information content (AvgIpc) is 3.16. The van der Waals surface area contributed by atoms with E-state index in [0.717, 1.165) is 45.8 Å². The normalized spacial score (nSPS) is 20.4. The predicted molar refractivity (Wildman–Crippen MR) is 121 cm³/mol. The molecular formula is C25H19ClN4O. The number of hydrogen-bond acceptors (Lipinski definition) is 4. The highest BCUT2D eigenvalue weighted by Gasteiger charge is 2.39. The lowest BCUT2D eigenvalue weighted by molar-refractivity contribution is -0.116. The molecule has 6 heteroatoms. The fourth-order valence-electron chi connectivity index (χ4n) is 4.87. The van der Waals surface area contributed by atoms with Crippen molar-refractivity contribution in [3.8, 4) is 0 Å². The summed E-state index contributed by atoms with van der Waals surface area (Å²) in [5.74, 6) is 0.993. The van der Waals surface area contributed by atoms with Gasteiger partial charge in [-0.25, -0.2) is 4.98 Å². The summed E-state index contributed by atoms with van der Waals surface area (Å²) in [6.07, 6.45) is 4.79. The Balaban J connectivity index is 1.52. The minimum atomic E-state index is -0.250. The fourth-order valence-corrected chi connectivity index (χ4v) is 5.07. The van der Waals surface area contributed by atoms with Crippen LogP contribution in [-0.4, -0.2) is 20.3 Å². The summed E-state index contributed by atoms with van der Waals surface area (Å²) in [6.45, 7) is 0. The molecule has 2 aliphatic rings. The standard InChI is InChI=1S/C25H19ClN4O/c26-18-7-3-5-15(11-18)17-12-20-23(22(31)13-17)24(16-6-4-10-27-14-16)30-21-9-2-1-8-19(21)28-25(30)29-20/h1-11,14,17,24H,12-13H2,(H,28,29)/t17-,24+/m1/s1. The van der Waals surface area contributed by atoms with Crippen LogP contribution in [0.25, 0.3) is 11.0 Å². The summed E-state index contributed by atoms with van der Waals surface area (Å²) in [5, 5.41) is 4.18. The van der Waals surface area contributed by atoms with Crippen LogP contribution in [0, 0.1) is 0 Å². The third-order valence-electron chi connectivity index (χ3n) is 6.22. The van der Waals surface area contributed by atoms with Gasteiger partial charge in [0.2, 0.25) is 5.95 Å². The lowest BCUT2D eigenvalue weighted by atomic mass is 9.78. The van der Waals surface area contributed by atoms with E-state index in [-0.39, 0.29) is 17.7 Å². The van der Waals surface area contributed by atoms with Crippen LogP contribution in [0.3, 0.4) is 0 Å². The number of para-hydroxylation sites is 2. The third-order valence-corrected chi connectivity index (χ3v) is 6.45. The first-order valence-corrected chi connectivity index (χ1v) is 10.7. The monoisotopic (exact) mass is 426 g/mol. The van der Waals surface area contributed by atoms with Gasteiger partial charge in [-0.05, 0) is 53.8 Å². The molecule has 6 rings (SSSR count). The maximum Gasteiger partial charge on any atom is 0.209 e. The van der Waals surface area contributed by atoms with Gasteiger partial charge in [-0.3, -0.25) is 14.3 Å². The van der Waals surface area contributed by atoms with Crippen molar-refractivity contribution < 1.29 is 4.79 Å². The van der Waals surface area contributed by atoms with Gasteiger partial charge in [-0.1, -0.05) is 41.9 Å². The summed E-state index contributed by atoms with van der Waals surface area (Å²) in [5.41, 5.74) is 5.72. The quantitative estimate of drug-likeness (QED) is 0.459. The van der Waals surface area contributed by atoms with Crippen molar-refractivity contribution in [1.82, 2.24) is 14.5 Å². The largest absolute Gasteiger partial charge is 0.329 e. The van der Waals surface area contributed by atoms with E-state index in [2.05, 4.69) is 14.9 Å². The van der Waals surface area contributed by atoms with Crippen LogP contribution in [0.15, 0.2) is 84.3 Å². The van der Waals surface area contributed by atoms with E-state index in [4.69, 9.17) is 16.6 Å². The lowest BCUT2D eigenvalue weighted by Crippen LogP contribution is -2.33. The molecule has 2 aromatic carbocycles. The molecule has 31 heavy (non-hydrogen) atoms. The lowest BCUT2D eigenvalue weighted by Gasteiger charge is -2.36. The highest BCUT2D eigenvalue weighted by Crippen LogP contribution is 2.45. The van der Waals surface area contributed by atoms with Crippen molar-refractivity contribution in [3.05, 3.63) is 100 Å². The van der Waals surface area contributed by atoms with Crippen LogP contribution in [0.2, 0.25) is 5.02 Å². The molecule has 0 unspecified atom stereocenters. The van der Waals surface area contributed by atoms with Gasteiger partial charge in [0.15, 0.2) is 5.78 Å². The molecular weight excluding hydrogens is 408 g/mol. The predicted octanol–water partition coefficient (Wildman–Crippen LogP) is 5.50. The fraction of sp³-hybridized carbons (Fsp3) is 0.160. The molecule has 4 aromatic rings. The topological polar surface area (TPSA) is 59.8 Å². The number of Topliss-reactive ketones (excluding diaryl/α,β-unsaturated/α-hetero) is 1. The van der Waals surface area contributed by atoms with E-state index in [1.807, 2.05) is 66.9 Å². The molecule has 3 heterocycles. The van der Waals surface area contributed by atoms with E-state index in [9.17, 15) is 4.79 Å². The van der Waals surface area contributed by atoms with Crippen molar-refractivity contribution in [1.29, 1.82) is 0 Å². The molecule has 0 bridgehead atoms. The van der Waals surface area contributed by atoms with Crippen molar-refractivity contribution in [3.63, 3.8) is 0 Å². The molecule has 0 fully saturated rings. The maximum absolute atomic E-state index is 13.6. The summed E-state index contributed by atoms with van der Waals surface area (Å²) >= 11 is 6.22. The molecule has 1 N–H and O–H groups in total. The Hall–Kier alpha value is -3.44. The molecule has 0 spiro atoms. The number of imidazole rings is 1. The number of carbonyl (C=O) groups excluding carboxylic acids is 1. The van der Waals surface area contributed by atoms with Crippen LogP contribution >= 0.6 is 11.6 Å². The van der Waals surface area contributed by atoms with Crippen LogP contribution in [-0.2, 0) is 4.79 Å². The number of halogens is 1. The number of anilines is 1. The van der Waals surface area contributed by atoms with Gasteiger partial charge in [-0.15, -0.1) is 0 Å². The Kier molecular flexibility index (Phi) is 4.18. The minimum absolute atomic E-state index is 0.0860. The summed E-state index contributed by atoms with van der Waals surface area (Å²) in [6, 6.07) is 19.5. The van der Waals surface area contributed by atoms with Crippen LogP contribution in [0.4, 0.5) is 5.95 Å². The van der Waals surface area contributed by atoms with Crippen molar-refractivity contribution in [2.75, 3.05) is 5.32 Å². The minimum Gasteiger partial charge on any atom is -0.329 e. The van der Waals surface area contributed by atoms with Gasteiger partial charge < -0.3 is 5.32 Å². The number of rotatable bonds is 2. The summed E-state index contributed by atoms with van der Waals surface area (Å²) in [7, 11) is 0. The molecule has 0 saturated heterocycles. The second-order valence-electron chi connectivity index (χ2n) is 8.08. The first kappa shape index (κ1) is 18.3. The number of nitrogens with zero attached hydrogens (tertiary/aromatic N) is 3. The first-order chi connectivity index (χ1) is 15.2. The molecule has 0 amide bonds. The van der Waals surface area contributed by atoms with E-state index in [0.29, 0.717) is 11.4 Å². The van der Waals surface area contributed by atoms with E-state index in [1.54, 1.807) is 6.20 Å². The molecule has 152 valence electrons. The number of ketones is 1. The smallest absolute Gasteiger partial charge is 0.209 e. The van der Waals surface area contributed by atoms with Crippen LogP contribution < -0.4 is 5.32 Å². The van der Waals surface area contributed by atoms with Crippen LogP contribution in [0.5, 0.6) is 0 Å². The molecule has 5 nitrogen and oxygen atoms in total. The molecule has 1 aliphatic heterocycles. The van der Waals surface area contributed by atoms with Gasteiger partial charge in [-0.2, -0.15) is 0 Å². The second-order valence-corrected chi connectivity index (χ2v) is 8.52. The zero-order chi connectivity index (χ0) is 20.9. The Morgan fingerprint density at radius 2 is 1.87 bits per heavy atom. The number of hydrogen-bond donors (Lipinski definition) is 1. The summed E-state index contributed by atoms with van der Waals surface area (Å²) < 4.78 is 2.13. The number of aromatic nitrogens is 3. The summed E-state index contributed by atoms with van der Waals surface area (Å²) in [4.78, 5) is 22.7. The number of carbonyl (C=O) groups is 1. The maximum atomic E-state index is 13.6. The highest BCUT2D eigenvalue weighted by atomic mass is 35.5. The molecule has 1 aliphatic carbocycles. The van der Waals surface area contributed by atoms with E-state index >= 15 is 0 Å². The van der Waals surface area contributed by atoms with Gasteiger partial charge in [0.1, 0.15) is 0 Å². The Bertz CT molecular complexity index is 1360. The van der Waals surface area contributed by atoms with Gasteiger partial charge in [0.25, 0.3) is 0 Å². The second kappa shape index (κ2) is 7.06. The van der Waals surface area contributed by atoms with Crippen molar-refractivity contribution in [2.24, 2.45) is 0 Å². The molecule has 0 radical (unpaired) electrons. The Labute approximate surface area is 184 Å². The third kappa shape index (κ3) is 2.96. The zero-order valence-electron chi connectivity index (χ0n) is 16.6. The molecule has 2 atom stereocenters. The number of pyridine rings is 1. The SMILES string of the molecule is O=C1C[C@H](c2cccc(Cl)c2)CC2=C1[C@H](c1cccnc1)n1c(nc3ccccc31)N2.